The van der Waals surface area contributed by atoms with Crippen LogP contribution in [0.15, 0.2) is 79.1 Å². The molecule has 0 aliphatic carbocycles. The maximum absolute atomic E-state index is 5.46. The summed E-state index contributed by atoms with van der Waals surface area (Å²) in [4.78, 5) is 0. The molecule has 0 spiro atoms. The van der Waals surface area contributed by atoms with E-state index in [2.05, 4.69) is 5.10 Å². The van der Waals surface area contributed by atoms with Crippen molar-refractivity contribution < 1.29 is 9.47 Å². The van der Waals surface area contributed by atoms with Gasteiger partial charge in [-0.15, -0.1) is 0 Å². The Labute approximate surface area is 147 Å². The number of alkyl halides is 1. The zero-order valence-electron chi connectivity index (χ0n) is 13.4. The van der Waals surface area contributed by atoms with Crippen LogP contribution in [0, 0.1) is 0 Å². The van der Waals surface area contributed by atoms with Crippen molar-refractivity contribution in [3.63, 3.8) is 0 Å². The first kappa shape index (κ1) is 18.2. The minimum absolute atomic E-state index is 0.259. The molecule has 24 heavy (non-hydrogen) atoms. The maximum Gasteiger partial charge on any atom is 0.139 e. The molecule has 0 aliphatic heterocycles. The summed E-state index contributed by atoms with van der Waals surface area (Å²) in [5, 5.41) is 4.04. The minimum atomic E-state index is 0.259. The van der Waals surface area contributed by atoms with Crippen LogP contribution in [0.4, 0.5) is 0 Å². The van der Waals surface area contributed by atoms with E-state index in [9.17, 15) is 0 Å². The number of halogens is 1. The van der Waals surface area contributed by atoms with Gasteiger partial charge in [0, 0.05) is 12.4 Å². The van der Waals surface area contributed by atoms with Crippen LogP contribution in [0.2, 0.25) is 0 Å². The first-order valence-electron chi connectivity index (χ1n) is 7.65. The van der Waals surface area contributed by atoms with Gasteiger partial charge in [-0.25, -0.2) is 4.68 Å². The summed E-state index contributed by atoms with van der Waals surface area (Å²) in [7, 11) is 0. The molecular formula is C19H21ClN2O2. The molecule has 0 saturated carbocycles. The van der Waals surface area contributed by atoms with Crippen molar-refractivity contribution in [2.24, 2.45) is 0 Å². The van der Waals surface area contributed by atoms with Gasteiger partial charge in [0.05, 0.1) is 13.2 Å². The zero-order chi connectivity index (χ0) is 16.9. The predicted molar refractivity (Wildman–Crippen MR) is 95.4 cm³/mol. The van der Waals surface area contributed by atoms with Gasteiger partial charge < -0.3 is 9.47 Å². The van der Waals surface area contributed by atoms with E-state index in [0.29, 0.717) is 19.9 Å². The second kappa shape index (κ2) is 11.4. The first-order valence-corrected chi connectivity index (χ1v) is 8.18. The Kier molecular flexibility index (Phi) is 8.65. The molecule has 0 amide bonds. The van der Waals surface area contributed by atoms with E-state index in [0.717, 1.165) is 5.56 Å². The van der Waals surface area contributed by atoms with E-state index in [1.807, 2.05) is 72.9 Å². The number of hydrogen-bond donors (Lipinski definition) is 0. The highest BCUT2D eigenvalue weighted by Crippen LogP contribution is 2.01. The number of benzene rings is 2. The van der Waals surface area contributed by atoms with Crippen molar-refractivity contribution in [2.75, 3.05) is 6.07 Å². The first-order chi connectivity index (χ1) is 11.9. The van der Waals surface area contributed by atoms with Gasteiger partial charge >= 0.3 is 0 Å². The maximum atomic E-state index is 5.46. The quantitative estimate of drug-likeness (QED) is 0.594. The molecule has 5 heteroatoms. The van der Waals surface area contributed by atoms with Crippen molar-refractivity contribution in [3.8, 4) is 0 Å². The van der Waals surface area contributed by atoms with E-state index in [1.54, 1.807) is 10.9 Å². The van der Waals surface area contributed by atoms with Crippen LogP contribution in [0.25, 0.3) is 0 Å². The smallest absolute Gasteiger partial charge is 0.139 e. The van der Waals surface area contributed by atoms with Gasteiger partial charge in [0.25, 0.3) is 0 Å². The predicted octanol–water partition coefficient (Wildman–Crippen LogP) is 4.46. The average Bonchev–Trinajstić information content (AvgIpc) is 3.16. The number of aromatic nitrogens is 2. The van der Waals surface area contributed by atoms with Gasteiger partial charge in [0.2, 0.25) is 0 Å². The van der Waals surface area contributed by atoms with Gasteiger partial charge in [-0.1, -0.05) is 72.3 Å². The van der Waals surface area contributed by atoms with Crippen LogP contribution in [-0.4, -0.2) is 15.8 Å². The zero-order valence-corrected chi connectivity index (χ0v) is 14.2. The van der Waals surface area contributed by atoms with Crippen LogP contribution >= 0.6 is 11.6 Å². The largest absolute Gasteiger partial charge is 0.361 e. The SMILES string of the molecule is ClCOCc1ccccc1.c1ccc(COCn2cccn2)cc1. The fourth-order valence-electron chi connectivity index (χ4n) is 1.94. The molecule has 0 radical (unpaired) electrons. The molecule has 0 N–H and O–H groups in total. The summed E-state index contributed by atoms with van der Waals surface area (Å²) in [6.07, 6.45) is 3.62. The molecule has 0 aliphatic rings. The summed E-state index contributed by atoms with van der Waals surface area (Å²) < 4.78 is 12.2. The third-order valence-electron chi connectivity index (χ3n) is 3.08. The highest BCUT2D eigenvalue weighted by atomic mass is 35.5. The number of ether oxygens (including phenoxy) is 2. The fourth-order valence-corrected chi connectivity index (χ4v) is 2.02. The van der Waals surface area contributed by atoms with E-state index in [-0.39, 0.29) is 6.07 Å². The number of hydrogen-bond acceptors (Lipinski definition) is 3. The lowest BCUT2D eigenvalue weighted by molar-refractivity contribution is 0.0561. The van der Waals surface area contributed by atoms with Gasteiger partial charge in [-0.3, -0.25) is 0 Å². The monoisotopic (exact) mass is 344 g/mol. The third kappa shape index (κ3) is 7.42. The molecule has 0 saturated heterocycles. The van der Waals surface area contributed by atoms with Crippen LogP contribution in [0.3, 0.4) is 0 Å². The number of nitrogens with zero attached hydrogens (tertiary/aromatic N) is 2. The molecule has 0 unspecified atom stereocenters. The lowest BCUT2D eigenvalue weighted by Gasteiger charge is -2.03. The molecule has 2 aromatic carbocycles. The topological polar surface area (TPSA) is 36.3 Å². The van der Waals surface area contributed by atoms with Gasteiger partial charge in [-0.2, -0.15) is 5.10 Å². The van der Waals surface area contributed by atoms with Crippen LogP contribution in [0.1, 0.15) is 11.1 Å². The summed E-state index contributed by atoms with van der Waals surface area (Å²) in [6.45, 7) is 1.73. The Morgan fingerprint density at radius 1 is 0.792 bits per heavy atom. The third-order valence-corrected chi connectivity index (χ3v) is 3.24. The molecular weight excluding hydrogens is 324 g/mol. The van der Waals surface area contributed by atoms with Gasteiger partial charge in [0.1, 0.15) is 12.8 Å². The Hall–Kier alpha value is -2.14. The molecule has 0 atom stereocenters. The van der Waals surface area contributed by atoms with Crippen molar-refractivity contribution in [1.82, 2.24) is 9.78 Å². The number of rotatable bonds is 7. The summed E-state index contributed by atoms with van der Waals surface area (Å²) in [5.74, 6) is 0. The van der Waals surface area contributed by atoms with Crippen molar-refractivity contribution in [3.05, 3.63) is 90.3 Å². The van der Waals surface area contributed by atoms with Crippen molar-refractivity contribution >= 4 is 11.6 Å². The minimum Gasteiger partial charge on any atom is -0.361 e. The summed E-state index contributed by atoms with van der Waals surface area (Å²) >= 11 is 5.33. The van der Waals surface area contributed by atoms with Crippen LogP contribution < -0.4 is 0 Å². The second-order valence-electron chi connectivity index (χ2n) is 4.95. The fraction of sp³-hybridized carbons (Fsp3) is 0.211. The Morgan fingerprint density at radius 2 is 1.38 bits per heavy atom. The second-order valence-corrected chi connectivity index (χ2v) is 5.17. The van der Waals surface area contributed by atoms with Crippen LogP contribution in [-0.2, 0) is 29.4 Å². The molecule has 126 valence electrons. The van der Waals surface area contributed by atoms with Gasteiger partial charge in [-0.05, 0) is 17.2 Å². The van der Waals surface area contributed by atoms with E-state index in [4.69, 9.17) is 21.1 Å². The highest BCUT2D eigenvalue weighted by molar-refractivity contribution is 6.17. The average molecular weight is 345 g/mol. The van der Waals surface area contributed by atoms with E-state index in [1.165, 1.54) is 5.56 Å². The molecule has 0 fully saturated rings. The summed E-state index contributed by atoms with van der Waals surface area (Å²) in [5.41, 5.74) is 2.34. The van der Waals surface area contributed by atoms with Crippen molar-refractivity contribution in [1.29, 1.82) is 0 Å². The summed E-state index contributed by atoms with van der Waals surface area (Å²) in [6, 6.07) is 22.2. The molecule has 3 rings (SSSR count). The normalized spacial score (nSPS) is 10.0. The Bertz CT molecular complexity index is 646. The highest BCUT2D eigenvalue weighted by Gasteiger charge is 1.92. The van der Waals surface area contributed by atoms with Crippen LogP contribution in [0.5, 0.6) is 0 Å². The standard InChI is InChI=1S/C11H12N2O.C8H9ClO/c1-2-5-11(6-3-1)9-14-10-13-8-4-7-12-13;9-7-10-6-8-4-2-1-3-5-8/h1-8H,9-10H2;1-5H,6-7H2. The van der Waals surface area contributed by atoms with Gasteiger partial charge in [0.15, 0.2) is 0 Å². The Balaban J connectivity index is 0.000000185. The molecule has 0 bridgehead atoms. The molecule has 4 nitrogen and oxygen atoms in total. The Morgan fingerprint density at radius 3 is 1.88 bits per heavy atom. The molecule has 3 aromatic rings. The lowest BCUT2D eigenvalue weighted by atomic mass is 10.2. The lowest BCUT2D eigenvalue weighted by Crippen LogP contribution is -2.02. The van der Waals surface area contributed by atoms with E-state index < -0.39 is 0 Å². The van der Waals surface area contributed by atoms with Crippen molar-refractivity contribution in [2.45, 2.75) is 19.9 Å². The molecule has 1 aromatic heterocycles. The van der Waals surface area contributed by atoms with E-state index >= 15 is 0 Å². The molecule has 1 heterocycles.